The van der Waals surface area contributed by atoms with Gasteiger partial charge in [0.25, 0.3) is 0 Å². The summed E-state index contributed by atoms with van der Waals surface area (Å²) in [6, 6.07) is 11.6. The molecule has 1 aliphatic heterocycles. The van der Waals surface area contributed by atoms with Crippen molar-refractivity contribution in [3.63, 3.8) is 0 Å². The molecule has 0 aliphatic carbocycles. The minimum atomic E-state index is 0.346. The lowest BCUT2D eigenvalue weighted by Gasteiger charge is -2.47. The maximum Gasteiger partial charge on any atom is 0.0304 e. The quantitative estimate of drug-likeness (QED) is 0.819. The van der Waals surface area contributed by atoms with Gasteiger partial charge in [0, 0.05) is 24.7 Å². The summed E-state index contributed by atoms with van der Waals surface area (Å²) in [6.07, 6.45) is 6.18. The highest BCUT2D eigenvalue weighted by Crippen LogP contribution is 2.24. The van der Waals surface area contributed by atoms with E-state index in [0.717, 1.165) is 6.54 Å². The first-order chi connectivity index (χ1) is 10.2. The summed E-state index contributed by atoms with van der Waals surface area (Å²) >= 11 is 0. The summed E-state index contributed by atoms with van der Waals surface area (Å²) in [5.74, 6) is 0. The molecular formula is C19H32N2. The van der Waals surface area contributed by atoms with Crippen molar-refractivity contribution in [2.75, 3.05) is 19.6 Å². The van der Waals surface area contributed by atoms with Gasteiger partial charge < -0.3 is 5.32 Å². The van der Waals surface area contributed by atoms with Crippen LogP contribution in [0.25, 0.3) is 0 Å². The molecule has 1 atom stereocenters. The monoisotopic (exact) mass is 288 g/mol. The first-order valence-electron chi connectivity index (χ1n) is 8.76. The molecule has 1 aliphatic rings. The molecule has 1 aromatic rings. The summed E-state index contributed by atoms with van der Waals surface area (Å²) in [4.78, 5) is 2.74. The lowest BCUT2D eigenvalue weighted by molar-refractivity contribution is 0.0697. The van der Waals surface area contributed by atoms with Crippen molar-refractivity contribution >= 4 is 0 Å². The zero-order chi connectivity index (χ0) is 15.1. The Morgan fingerprint density at radius 3 is 2.48 bits per heavy atom. The molecule has 1 aromatic carbocycles. The number of nitrogens with zero attached hydrogens (tertiary/aromatic N) is 1. The Morgan fingerprint density at radius 1 is 1.14 bits per heavy atom. The Morgan fingerprint density at radius 2 is 1.86 bits per heavy atom. The lowest BCUT2D eigenvalue weighted by Crippen LogP contribution is -2.63. The molecule has 0 amide bonds. The van der Waals surface area contributed by atoms with Gasteiger partial charge in [-0.3, -0.25) is 4.90 Å². The fourth-order valence-corrected chi connectivity index (χ4v) is 3.56. The van der Waals surface area contributed by atoms with Crippen LogP contribution in [-0.2, 0) is 6.42 Å². The van der Waals surface area contributed by atoms with Gasteiger partial charge in [-0.15, -0.1) is 0 Å². The van der Waals surface area contributed by atoms with Crippen LogP contribution >= 0.6 is 0 Å². The molecule has 0 spiro atoms. The van der Waals surface area contributed by atoms with E-state index in [2.05, 4.69) is 61.3 Å². The van der Waals surface area contributed by atoms with Crippen molar-refractivity contribution in [3.05, 3.63) is 35.9 Å². The van der Waals surface area contributed by atoms with Crippen LogP contribution in [0.5, 0.6) is 0 Å². The van der Waals surface area contributed by atoms with E-state index in [-0.39, 0.29) is 0 Å². The van der Waals surface area contributed by atoms with Crippen LogP contribution in [0.4, 0.5) is 0 Å². The van der Waals surface area contributed by atoms with Gasteiger partial charge in [0.2, 0.25) is 0 Å². The molecule has 2 heteroatoms. The molecular weight excluding hydrogens is 256 g/mol. The zero-order valence-corrected chi connectivity index (χ0v) is 14.1. The van der Waals surface area contributed by atoms with Gasteiger partial charge in [-0.05, 0) is 44.2 Å². The van der Waals surface area contributed by atoms with Gasteiger partial charge in [-0.2, -0.15) is 0 Å². The fourth-order valence-electron chi connectivity index (χ4n) is 3.56. The smallest absolute Gasteiger partial charge is 0.0304 e. The van der Waals surface area contributed by atoms with Crippen LogP contribution in [0.3, 0.4) is 0 Å². The van der Waals surface area contributed by atoms with Gasteiger partial charge in [-0.25, -0.2) is 0 Å². The molecule has 1 heterocycles. The number of hydrogen-bond acceptors (Lipinski definition) is 2. The maximum atomic E-state index is 3.83. The van der Waals surface area contributed by atoms with Crippen LogP contribution in [-0.4, -0.2) is 36.1 Å². The number of rotatable bonds is 7. The van der Waals surface area contributed by atoms with Crippen molar-refractivity contribution in [2.45, 2.75) is 64.5 Å². The maximum absolute atomic E-state index is 3.83. The number of piperazine rings is 1. The molecule has 0 bridgehead atoms. The third-order valence-corrected chi connectivity index (χ3v) is 5.31. The summed E-state index contributed by atoms with van der Waals surface area (Å²) in [5, 5.41) is 3.83. The highest BCUT2D eigenvalue weighted by molar-refractivity contribution is 5.14. The molecule has 2 rings (SSSR count). The molecule has 1 saturated heterocycles. The number of benzene rings is 1. The van der Waals surface area contributed by atoms with Crippen LogP contribution in [0, 0.1) is 0 Å². The van der Waals surface area contributed by atoms with Crippen molar-refractivity contribution < 1.29 is 0 Å². The van der Waals surface area contributed by atoms with Crippen molar-refractivity contribution in [2.24, 2.45) is 0 Å². The Labute approximate surface area is 130 Å². The van der Waals surface area contributed by atoms with Crippen LogP contribution in [0.1, 0.15) is 52.0 Å². The highest BCUT2D eigenvalue weighted by atomic mass is 15.2. The third-order valence-electron chi connectivity index (χ3n) is 5.31. The van der Waals surface area contributed by atoms with Gasteiger partial charge in [0.05, 0.1) is 0 Å². The van der Waals surface area contributed by atoms with E-state index in [9.17, 15) is 0 Å². The molecule has 0 radical (unpaired) electrons. The minimum absolute atomic E-state index is 0.346. The summed E-state index contributed by atoms with van der Waals surface area (Å²) in [5.41, 5.74) is 1.82. The van der Waals surface area contributed by atoms with Gasteiger partial charge in [0.15, 0.2) is 0 Å². The molecule has 118 valence electrons. The van der Waals surface area contributed by atoms with Crippen LogP contribution in [0.15, 0.2) is 30.3 Å². The standard InChI is InChI=1S/C19H32N2/c1-4-18-15-20-19(5-2,6-3)16-21(18)14-10-13-17-11-8-7-9-12-17/h7-9,11-12,18,20H,4-6,10,13-16H2,1-3H3. The van der Waals surface area contributed by atoms with Crippen molar-refractivity contribution in [3.8, 4) is 0 Å². The molecule has 2 nitrogen and oxygen atoms in total. The molecule has 1 unspecified atom stereocenters. The Balaban J connectivity index is 1.89. The first-order valence-corrected chi connectivity index (χ1v) is 8.76. The average molecular weight is 288 g/mol. The minimum Gasteiger partial charge on any atom is -0.308 e. The molecule has 1 N–H and O–H groups in total. The number of aryl methyl sites for hydroxylation is 1. The van der Waals surface area contributed by atoms with E-state index in [1.165, 1.54) is 50.8 Å². The van der Waals surface area contributed by atoms with Gasteiger partial charge in [-0.1, -0.05) is 51.1 Å². The normalized spacial score (nSPS) is 22.3. The molecule has 1 fully saturated rings. The summed E-state index contributed by atoms with van der Waals surface area (Å²) < 4.78 is 0. The lowest BCUT2D eigenvalue weighted by atomic mass is 9.88. The topological polar surface area (TPSA) is 15.3 Å². The zero-order valence-electron chi connectivity index (χ0n) is 14.1. The largest absolute Gasteiger partial charge is 0.308 e. The predicted octanol–water partition coefficient (Wildman–Crippen LogP) is 3.86. The second-order valence-corrected chi connectivity index (χ2v) is 6.49. The molecule has 0 aromatic heterocycles. The van der Waals surface area contributed by atoms with Crippen LogP contribution in [0.2, 0.25) is 0 Å². The van der Waals surface area contributed by atoms with Gasteiger partial charge >= 0.3 is 0 Å². The summed E-state index contributed by atoms with van der Waals surface area (Å²) in [6.45, 7) is 10.6. The van der Waals surface area contributed by atoms with E-state index in [0.29, 0.717) is 11.6 Å². The number of hydrogen-bond donors (Lipinski definition) is 1. The fraction of sp³-hybridized carbons (Fsp3) is 0.684. The van der Waals surface area contributed by atoms with E-state index in [1.807, 2.05) is 0 Å². The highest BCUT2D eigenvalue weighted by Gasteiger charge is 2.35. The third kappa shape index (κ3) is 4.31. The van der Waals surface area contributed by atoms with E-state index in [4.69, 9.17) is 0 Å². The Hall–Kier alpha value is -0.860. The second kappa shape index (κ2) is 7.95. The predicted molar refractivity (Wildman–Crippen MR) is 91.7 cm³/mol. The van der Waals surface area contributed by atoms with Gasteiger partial charge in [0.1, 0.15) is 0 Å². The number of nitrogens with one attached hydrogen (secondary N) is 1. The average Bonchev–Trinajstić information content (AvgIpc) is 2.55. The Kier molecular flexibility index (Phi) is 6.25. The Bertz CT molecular complexity index is 397. The SMILES string of the molecule is CCC1CNC(CC)(CC)CN1CCCc1ccccc1. The van der Waals surface area contributed by atoms with E-state index < -0.39 is 0 Å². The second-order valence-electron chi connectivity index (χ2n) is 6.49. The van der Waals surface area contributed by atoms with Crippen molar-refractivity contribution in [1.29, 1.82) is 0 Å². The summed E-state index contributed by atoms with van der Waals surface area (Å²) in [7, 11) is 0. The molecule has 21 heavy (non-hydrogen) atoms. The van der Waals surface area contributed by atoms with E-state index >= 15 is 0 Å². The van der Waals surface area contributed by atoms with Crippen molar-refractivity contribution in [1.82, 2.24) is 10.2 Å². The molecule has 0 saturated carbocycles. The van der Waals surface area contributed by atoms with E-state index in [1.54, 1.807) is 0 Å². The van der Waals surface area contributed by atoms with Crippen LogP contribution < -0.4 is 5.32 Å². The first kappa shape index (κ1) is 16.5.